The van der Waals surface area contributed by atoms with Crippen LogP contribution in [0.15, 0.2) is 42.5 Å². The van der Waals surface area contributed by atoms with Crippen molar-refractivity contribution in [3.05, 3.63) is 53.6 Å². The molecule has 0 atom stereocenters. The quantitative estimate of drug-likeness (QED) is 0.126. The number of benzene rings is 2. The molecule has 0 aromatic heterocycles. The van der Waals surface area contributed by atoms with E-state index in [0.717, 1.165) is 43.5 Å². The van der Waals surface area contributed by atoms with Crippen LogP contribution in [0, 0.1) is 0 Å². The molecule has 8 heteroatoms. The van der Waals surface area contributed by atoms with Gasteiger partial charge in [-0.2, -0.15) is 0 Å². The molecule has 222 valence electrons. The molecule has 0 saturated heterocycles. The van der Waals surface area contributed by atoms with Crippen LogP contribution in [0.1, 0.15) is 87.6 Å². The van der Waals surface area contributed by atoms with Crippen molar-refractivity contribution >= 4 is 17.6 Å². The molecule has 0 heterocycles. The largest absolute Gasteiger partial charge is 0.504 e. The Bertz CT molecular complexity index is 997. The molecule has 0 aliphatic rings. The number of nitrogens with one attached hydrogen (secondary N) is 2. The van der Waals surface area contributed by atoms with Crippen molar-refractivity contribution in [3.63, 3.8) is 0 Å². The molecule has 0 aliphatic heterocycles. The zero-order valence-corrected chi connectivity index (χ0v) is 24.7. The van der Waals surface area contributed by atoms with Crippen LogP contribution in [-0.4, -0.2) is 61.8 Å². The Morgan fingerprint density at radius 1 is 0.875 bits per heavy atom. The summed E-state index contributed by atoms with van der Waals surface area (Å²) >= 11 is 0. The van der Waals surface area contributed by atoms with E-state index in [2.05, 4.69) is 24.5 Å². The summed E-state index contributed by atoms with van der Waals surface area (Å²) in [6.07, 6.45) is 9.69. The minimum atomic E-state index is -0.342. The average Bonchev–Trinajstić information content (AvgIpc) is 2.95. The molecule has 0 saturated carbocycles. The third-order valence-electron chi connectivity index (χ3n) is 6.69. The lowest BCUT2D eigenvalue weighted by atomic mass is 10.1. The predicted molar refractivity (Wildman–Crippen MR) is 161 cm³/mol. The lowest BCUT2D eigenvalue weighted by molar-refractivity contribution is -0.121. The summed E-state index contributed by atoms with van der Waals surface area (Å²) in [5, 5.41) is 16.5. The topological polar surface area (TPSA) is 100 Å². The van der Waals surface area contributed by atoms with E-state index in [-0.39, 0.29) is 24.2 Å². The average molecular weight is 556 g/mol. The Labute approximate surface area is 240 Å². The third-order valence-corrected chi connectivity index (χ3v) is 6.69. The number of phenolic OH excluding ortho intramolecular Hbond substituents is 1. The predicted octanol–water partition coefficient (Wildman–Crippen LogP) is 6.14. The summed E-state index contributed by atoms with van der Waals surface area (Å²) in [6, 6.07) is 12.5. The van der Waals surface area contributed by atoms with Gasteiger partial charge in [0.05, 0.1) is 5.56 Å². The SMILES string of the molecule is CCCCCCCCC(=O)NCc1ccc(O)c(OCCN(C)CCOC(=O)c2ccc(NCCCC)cc2)c1. The highest BCUT2D eigenvalue weighted by Crippen LogP contribution is 2.26. The van der Waals surface area contributed by atoms with Crippen molar-refractivity contribution in [1.29, 1.82) is 0 Å². The van der Waals surface area contributed by atoms with Gasteiger partial charge in [0.1, 0.15) is 13.2 Å². The number of ether oxygens (including phenoxy) is 2. The zero-order valence-electron chi connectivity index (χ0n) is 24.7. The van der Waals surface area contributed by atoms with Crippen LogP contribution in [0.25, 0.3) is 0 Å². The minimum absolute atomic E-state index is 0.0461. The second-order valence-electron chi connectivity index (χ2n) is 10.2. The molecule has 0 spiro atoms. The Morgan fingerprint density at radius 3 is 2.33 bits per heavy atom. The first-order chi connectivity index (χ1) is 19.4. The number of hydrogen-bond acceptors (Lipinski definition) is 7. The molecule has 0 radical (unpaired) electrons. The molecule has 1 amide bonds. The maximum Gasteiger partial charge on any atom is 0.338 e. The summed E-state index contributed by atoms with van der Waals surface area (Å²) in [6.45, 7) is 7.44. The maximum absolute atomic E-state index is 12.3. The standard InChI is InChI=1S/C32H49N3O5/c1-4-6-8-9-10-11-12-31(37)34-25-26-13-18-29(36)30(24-26)39-22-20-35(3)21-23-40-32(38)27-14-16-28(17-15-27)33-19-7-5-2/h13-18,24,33,36H,4-12,19-23,25H2,1-3H3,(H,34,37). The highest BCUT2D eigenvalue weighted by atomic mass is 16.5. The van der Waals surface area contributed by atoms with Gasteiger partial charge in [-0.05, 0) is 61.9 Å². The molecule has 0 aliphatic carbocycles. The van der Waals surface area contributed by atoms with Crippen LogP contribution in [0.2, 0.25) is 0 Å². The van der Waals surface area contributed by atoms with Gasteiger partial charge in [-0.3, -0.25) is 9.69 Å². The number of hydrogen-bond donors (Lipinski definition) is 3. The number of anilines is 1. The first kappa shape index (κ1) is 32.9. The number of amides is 1. The number of carbonyl (C=O) groups excluding carboxylic acids is 2. The molecular weight excluding hydrogens is 506 g/mol. The second-order valence-corrected chi connectivity index (χ2v) is 10.2. The van der Waals surface area contributed by atoms with Crippen LogP contribution < -0.4 is 15.4 Å². The summed E-state index contributed by atoms with van der Waals surface area (Å²) in [7, 11) is 1.92. The summed E-state index contributed by atoms with van der Waals surface area (Å²) < 4.78 is 11.2. The molecular formula is C32H49N3O5. The maximum atomic E-state index is 12.3. The Morgan fingerprint density at radius 2 is 1.57 bits per heavy atom. The van der Waals surface area contributed by atoms with E-state index in [4.69, 9.17) is 9.47 Å². The van der Waals surface area contributed by atoms with Crippen molar-refractivity contribution in [2.45, 2.75) is 78.2 Å². The molecule has 2 rings (SSSR count). The Balaban J connectivity index is 1.63. The van der Waals surface area contributed by atoms with Gasteiger partial charge in [-0.25, -0.2) is 4.79 Å². The monoisotopic (exact) mass is 555 g/mol. The first-order valence-corrected chi connectivity index (χ1v) is 14.8. The van der Waals surface area contributed by atoms with E-state index in [1.807, 2.05) is 24.1 Å². The number of unbranched alkanes of at least 4 members (excludes halogenated alkanes) is 6. The van der Waals surface area contributed by atoms with Crippen molar-refractivity contribution in [3.8, 4) is 11.5 Å². The van der Waals surface area contributed by atoms with E-state index in [1.165, 1.54) is 25.7 Å². The Kier molecular flexibility index (Phi) is 16.3. The molecule has 2 aromatic carbocycles. The van der Waals surface area contributed by atoms with Gasteiger partial charge in [0.2, 0.25) is 5.91 Å². The van der Waals surface area contributed by atoms with Crippen LogP contribution in [0.3, 0.4) is 0 Å². The van der Waals surface area contributed by atoms with Gasteiger partial charge in [-0.15, -0.1) is 0 Å². The van der Waals surface area contributed by atoms with Gasteiger partial charge in [0.25, 0.3) is 0 Å². The van der Waals surface area contributed by atoms with Crippen molar-refractivity contribution in [2.75, 3.05) is 45.2 Å². The number of carbonyl (C=O) groups is 2. The van der Waals surface area contributed by atoms with Gasteiger partial charge in [0, 0.05) is 38.3 Å². The molecule has 0 bridgehead atoms. The zero-order chi connectivity index (χ0) is 29.0. The number of rotatable bonds is 21. The van der Waals surface area contributed by atoms with E-state index in [9.17, 15) is 14.7 Å². The van der Waals surface area contributed by atoms with E-state index >= 15 is 0 Å². The highest BCUT2D eigenvalue weighted by Gasteiger charge is 2.10. The lowest BCUT2D eigenvalue weighted by Gasteiger charge is -2.17. The van der Waals surface area contributed by atoms with Crippen molar-refractivity contribution in [1.82, 2.24) is 10.2 Å². The summed E-state index contributed by atoms with van der Waals surface area (Å²) in [5.74, 6) is 0.149. The van der Waals surface area contributed by atoms with Crippen LogP contribution >= 0.6 is 0 Å². The number of nitrogens with zero attached hydrogens (tertiary/aromatic N) is 1. The van der Waals surface area contributed by atoms with Crippen LogP contribution in [0.4, 0.5) is 5.69 Å². The molecule has 0 unspecified atom stereocenters. The normalized spacial score (nSPS) is 10.9. The number of aromatic hydroxyl groups is 1. The molecule has 0 fully saturated rings. The number of phenols is 1. The van der Waals surface area contributed by atoms with Crippen molar-refractivity contribution in [2.24, 2.45) is 0 Å². The molecule has 8 nitrogen and oxygen atoms in total. The smallest absolute Gasteiger partial charge is 0.338 e. The van der Waals surface area contributed by atoms with Gasteiger partial charge >= 0.3 is 5.97 Å². The minimum Gasteiger partial charge on any atom is -0.504 e. The molecule has 2 aromatic rings. The number of likely N-dealkylation sites (N-methyl/N-ethyl adjacent to an activating group) is 1. The first-order valence-electron chi connectivity index (χ1n) is 14.8. The second kappa shape index (κ2) is 19.7. The van der Waals surface area contributed by atoms with Crippen LogP contribution in [0.5, 0.6) is 11.5 Å². The lowest BCUT2D eigenvalue weighted by Crippen LogP contribution is -2.28. The number of esters is 1. The van der Waals surface area contributed by atoms with Crippen LogP contribution in [-0.2, 0) is 16.1 Å². The third kappa shape index (κ3) is 13.7. The van der Waals surface area contributed by atoms with Gasteiger partial charge < -0.3 is 25.2 Å². The van der Waals surface area contributed by atoms with Crippen molar-refractivity contribution < 1.29 is 24.2 Å². The van der Waals surface area contributed by atoms with E-state index in [1.54, 1.807) is 30.3 Å². The molecule has 3 N–H and O–H groups in total. The summed E-state index contributed by atoms with van der Waals surface area (Å²) in [4.78, 5) is 26.5. The fraction of sp³-hybridized carbons (Fsp3) is 0.562. The fourth-order valence-electron chi connectivity index (χ4n) is 4.07. The van der Waals surface area contributed by atoms with E-state index < -0.39 is 0 Å². The van der Waals surface area contributed by atoms with E-state index in [0.29, 0.717) is 44.0 Å². The van der Waals surface area contributed by atoms with Gasteiger partial charge in [-0.1, -0.05) is 58.4 Å². The highest BCUT2D eigenvalue weighted by molar-refractivity contribution is 5.89. The molecule has 40 heavy (non-hydrogen) atoms. The fourth-order valence-corrected chi connectivity index (χ4v) is 4.07. The Hall–Kier alpha value is -3.26. The summed E-state index contributed by atoms with van der Waals surface area (Å²) in [5.41, 5.74) is 2.39. The van der Waals surface area contributed by atoms with Gasteiger partial charge in [0.15, 0.2) is 11.5 Å².